The van der Waals surface area contributed by atoms with E-state index in [1.807, 2.05) is 31.2 Å². The van der Waals surface area contributed by atoms with Gasteiger partial charge in [0.2, 0.25) is 0 Å². The number of anilines is 1. The van der Waals surface area contributed by atoms with Gasteiger partial charge in [-0.1, -0.05) is 18.2 Å². The van der Waals surface area contributed by atoms with E-state index in [1.165, 1.54) is 0 Å². The van der Waals surface area contributed by atoms with Gasteiger partial charge in [-0.15, -0.1) is 0 Å². The predicted octanol–water partition coefficient (Wildman–Crippen LogP) is 0.280. The van der Waals surface area contributed by atoms with Crippen LogP contribution in [0, 0.1) is 6.92 Å². The summed E-state index contributed by atoms with van der Waals surface area (Å²) in [6.45, 7) is 2.00. The summed E-state index contributed by atoms with van der Waals surface area (Å²) in [5.74, 6) is 0. The molecule has 1 nitrogen and oxygen atoms in total. The Bertz CT molecular complexity index is 168. The molecule has 0 saturated carbocycles. The minimum absolute atomic E-state index is 0. The van der Waals surface area contributed by atoms with Crippen LogP contribution < -0.4 is 5.73 Å². The van der Waals surface area contributed by atoms with Crippen LogP contribution in [0.2, 0.25) is 0 Å². The van der Waals surface area contributed by atoms with Crippen LogP contribution in [-0.4, -0.2) is 59.1 Å². The first-order valence-corrected chi connectivity index (χ1v) is 2.62. The molecule has 0 aliphatic carbocycles. The van der Waals surface area contributed by atoms with Crippen molar-refractivity contribution in [2.75, 3.05) is 5.73 Å². The van der Waals surface area contributed by atoms with E-state index in [9.17, 15) is 0 Å². The zero-order valence-corrected chi connectivity index (χ0v) is 4.89. The van der Waals surface area contributed by atoms with Gasteiger partial charge in [0, 0.05) is 5.69 Å². The van der Waals surface area contributed by atoms with Gasteiger partial charge in [0.05, 0.1) is 0 Å². The maximum atomic E-state index is 5.52. The van der Waals surface area contributed by atoms with Gasteiger partial charge in [0.25, 0.3) is 0 Å². The number of para-hydroxylation sites is 1. The molecule has 1 aromatic rings. The fourth-order valence-electron chi connectivity index (χ4n) is 0.587. The Kier molecular flexibility index (Phi) is 9.13. The molecule has 1 aromatic carbocycles. The first kappa shape index (κ1) is 13.6. The average molecular weight is 155 g/mol. The van der Waals surface area contributed by atoms with E-state index in [-0.39, 0.29) is 59.1 Å². The third-order valence-electron chi connectivity index (χ3n) is 1.19. The molecular formula is C7H11NNa2. The molecular weight excluding hydrogens is 144 g/mol. The zero-order valence-electron chi connectivity index (χ0n) is 4.89. The van der Waals surface area contributed by atoms with Crippen molar-refractivity contribution in [1.82, 2.24) is 0 Å². The van der Waals surface area contributed by atoms with Crippen molar-refractivity contribution in [1.29, 1.82) is 0 Å². The molecule has 0 saturated heterocycles. The van der Waals surface area contributed by atoms with Crippen molar-refractivity contribution in [3.63, 3.8) is 0 Å². The quantitative estimate of drug-likeness (QED) is 0.422. The Morgan fingerprint density at radius 2 is 1.60 bits per heavy atom. The Balaban J connectivity index is 0. The van der Waals surface area contributed by atoms with Gasteiger partial charge in [0.1, 0.15) is 0 Å². The van der Waals surface area contributed by atoms with Crippen molar-refractivity contribution >= 4 is 64.8 Å². The van der Waals surface area contributed by atoms with E-state index in [1.54, 1.807) is 0 Å². The number of hydrogen-bond acceptors (Lipinski definition) is 1. The monoisotopic (exact) mass is 155 g/mol. The topological polar surface area (TPSA) is 26.0 Å². The Hall–Kier alpha value is 1.02. The Labute approximate surface area is 106 Å². The van der Waals surface area contributed by atoms with E-state index in [0.717, 1.165) is 11.3 Å². The normalized spacial score (nSPS) is 7.30. The second-order valence-corrected chi connectivity index (χ2v) is 1.86. The molecule has 0 bridgehead atoms. The van der Waals surface area contributed by atoms with E-state index >= 15 is 0 Å². The minimum atomic E-state index is 0. The van der Waals surface area contributed by atoms with Crippen molar-refractivity contribution in [3.05, 3.63) is 29.8 Å². The number of benzene rings is 1. The van der Waals surface area contributed by atoms with Crippen LogP contribution in [0.25, 0.3) is 0 Å². The first-order chi connectivity index (χ1) is 3.80. The summed E-state index contributed by atoms with van der Waals surface area (Å²) < 4.78 is 0. The molecule has 0 aliphatic rings. The van der Waals surface area contributed by atoms with Crippen LogP contribution in [0.15, 0.2) is 24.3 Å². The first-order valence-electron chi connectivity index (χ1n) is 2.62. The van der Waals surface area contributed by atoms with Gasteiger partial charge < -0.3 is 5.73 Å². The summed E-state index contributed by atoms with van der Waals surface area (Å²) in [4.78, 5) is 0. The summed E-state index contributed by atoms with van der Waals surface area (Å²) >= 11 is 0. The fraction of sp³-hybridized carbons (Fsp3) is 0.143. The number of nitrogen functional groups attached to an aromatic ring is 1. The van der Waals surface area contributed by atoms with Gasteiger partial charge in [-0.25, -0.2) is 0 Å². The van der Waals surface area contributed by atoms with Crippen LogP contribution in [0.4, 0.5) is 5.69 Å². The molecule has 0 radical (unpaired) electrons. The molecule has 0 heterocycles. The summed E-state index contributed by atoms with van der Waals surface area (Å²) in [6, 6.07) is 7.80. The van der Waals surface area contributed by atoms with Crippen molar-refractivity contribution in [2.45, 2.75) is 6.92 Å². The van der Waals surface area contributed by atoms with Crippen molar-refractivity contribution in [3.8, 4) is 0 Å². The molecule has 0 unspecified atom stereocenters. The Morgan fingerprint density at radius 1 is 1.10 bits per heavy atom. The number of rotatable bonds is 0. The van der Waals surface area contributed by atoms with Crippen LogP contribution in [-0.2, 0) is 0 Å². The summed E-state index contributed by atoms with van der Waals surface area (Å²) in [7, 11) is 0. The average Bonchev–Trinajstić information content (AvgIpc) is 1.77. The second kappa shape index (κ2) is 6.71. The zero-order chi connectivity index (χ0) is 5.98. The number of aryl methyl sites for hydroxylation is 1. The molecule has 2 N–H and O–H groups in total. The maximum absolute atomic E-state index is 5.52. The molecule has 0 aliphatic heterocycles. The van der Waals surface area contributed by atoms with Crippen LogP contribution in [0.3, 0.4) is 0 Å². The van der Waals surface area contributed by atoms with Crippen LogP contribution in [0.1, 0.15) is 5.56 Å². The molecule has 0 spiro atoms. The van der Waals surface area contributed by atoms with Crippen molar-refractivity contribution in [2.24, 2.45) is 0 Å². The van der Waals surface area contributed by atoms with Gasteiger partial charge in [-0.3, -0.25) is 0 Å². The summed E-state index contributed by atoms with van der Waals surface area (Å²) in [5.41, 5.74) is 7.53. The molecule has 0 amide bonds. The Morgan fingerprint density at radius 3 is 1.90 bits per heavy atom. The summed E-state index contributed by atoms with van der Waals surface area (Å²) in [6.07, 6.45) is 0. The van der Waals surface area contributed by atoms with Crippen LogP contribution in [0.5, 0.6) is 0 Å². The molecule has 0 fully saturated rings. The third kappa shape index (κ3) is 4.02. The standard InChI is InChI=1S/C7H9N.2Na.2H/c1-6-4-2-3-5-7(6)8;;;;/h2-5H,8H2,1H3;;;;. The number of hydrogen-bond donors (Lipinski definition) is 1. The second-order valence-electron chi connectivity index (χ2n) is 1.86. The van der Waals surface area contributed by atoms with E-state index < -0.39 is 0 Å². The molecule has 0 atom stereocenters. The van der Waals surface area contributed by atoms with E-state index in [0.29, 0.717) is 0 Å². The van der Waals surface area contributed by atoms with E-state index in [4.69, 9.17) is 5.73 Å². The van der Waals surface area contributed by atoms with Crippen molar-refractivity contribution < 1.29 is 0 Å². The van der Waals surface area contributed by atoms with Crippen LogP contribution >= 0.6 is 0 Å². The van der Waals surface area contributed by atoms with E-state index in [2.05, 4.69) is 0 Å². The number of nitrogens with two attached hydrogens (primary N) is 1. The molecule has 10 heavy (non-hydrogen) atoms. The fourth-order valence-corrected chi connectivity index (χ4v) is 0.587. The molecule has 3 heteroatoms. The predicted molar refractivity (Wildman–Crippen MR) is 49.9 cm³/mol. The summed E-state index contributed by atoms with van der Waals surface area (Å²) in [5, 5.41) is 0. The van der Waals surface area contributed by atoms with Gasteiger partial charge in [-0.05, 0) is 18.6 Å². The molecule has 1 rings (SSSR count). The molecule has 0 aromatic heterocycles. The third-order valence-corrected chi connectivity index (χ3v) is 1.19. The molecule has 46 valence electrons. The SMILES string of the molecule is Cc1ccccc1N.[NaH].[NaH]. The van der Waals surface area contributed by atoms with Gasteiger partial charge >= 0.3 is 59.1 Å². The van der Waals surface area contributed by atoms with Gasteiger partial charge in [-0.2, -0.15) is 0 Å². The van der Waals surface area contributed by atoms with Gasteiger partial charge in [0.15, 0.2) is 0 Å².